The number of aryl methyl sites for hydroxylation is 1. The highest BCUT2D eigenvalue weighted by molar-refractivity contribution is 5.38. The van der Waals surface area contributed by atoms with Gasteiger partial charge in [-0.25, -0.2) is 8.78 Å². The Morgan fingerprint density at radius 2 is 1.65 bits per heavy atom. The number of rotatable bonds is 8. The summed E-state index contributed by atoms with van der Waals surface area (Å²) in [6.45, 7) is 2.22. The molecule has 0 radical (unpaired) electrons. The van der Waals surface area contributed by atoms with Crippen molar-refractivity contribution < 1.29 is 22.3 Å². The van der Waals surface area contributed by atoms with Gasteiger partial charge in [-0.1, -0.05) is 44.0 Å². The molecule has 0 aromatic heterocycles. The molecule has 0 unspecified atom stereocenters. The van der Waals surface area contributed by atoms with Crippen molar-refractivity contribution in [3.63, 3.8) is 0 Å². The van der Waals surface area contributed by atoms with Gasteiger partial charge in [0.1, 0.15) is 29.0 Å². The summed E-state index contributed by atoms with van der Waals surface area (Å²) in [6.07, 6.45) is 3.22. The Morgan fingerprint density at radius 3 is 2.19 bits per heavy atom. The molecule has 1 aliphatic rings. The molecule has 2 aromatic rings. The van der Waals surface area contributed by atoms with Crippen molar-refractivity contribution in [2.24, 2.45) is 5.92 Å². The zero-order valence-electron chi connectivity index (χ0n) is 17.6. The third-order valence-electron chi connectivity index (χ3n) is 6.09. The van der Waals surface area contributed by atoms with Gasteiger partial charge in [-0.05, 0) is 55.1 Å². The van der Waals surface area contributed by atoms with Crippen LogP contribution >= 0.6 is 0 Å². The zero-order valence-corrected chi connectivity index (χ0v) is 17.6. The van der Waals surface area contributed by atoms with Crippen molar-refractivity contribution >= 4 is 0 Å². The van der Waals surface area contributed by atoms with Gasteiger partial charge in [0.25, 0.3) is 0 Å². The van der Waals surface area contributed by atoms with Gasteiger partial charge >= 0.3 is 6.11 Å². The van der Waals surface area contributed by atoms with E-state index in [-0.39, 0.29) is 6.42 Å². The number of halogens is 4. The fourth-order valence-corrected chi connectivity index (χ4v) is 4.38. The van der Waals surface area contributed by atoms with Gasteiger partial charge in [0, 0.05) is 12.1 Å². The van der Waals surface area contributed by atoms with Crippen LogP contribution in [0.4, 0.5) is 17.6 Å². The van der Waals surface area contributed by atoms with E-state index in [1.807, 2.05) is 24.3 Å². The van der Waals surface area contributed by atoms with E-state index in [0.29, 0.717) is 18.1 Å². The quantitative estimate of drug-likeness (QED) is 0.404. The molecule has 6 heteroatoms. The highest BCUT2D eigenvalue weighted by atomic mass is 19.3. The zero-order chi connectivity index (χ0) is 22.4. The standard InChI is InChI=1S/C25H27F4NO/c1-2-3-17-4-8-19(9-5-17)20-10-6-18(7-11-20)12-13-25(28,29)31-21-14-23(26)22(16-30)24(27)15-21/h6-7,10-11,14-15,17,19H,2-5,8-9,12-13H2,1H3. The predicted molar refractivity (Wildman–Crippen MR) is 111 cm³/mol. The SMILES string of the molecule is CCCC1CCC(c2ccc(CCC(F)(F)Oc3cc(F)c(C#N)c(F)c3)cc2)CC1. The van der Waals surface area contributed by atoms with Crippen LogP contribution in [0.2, 0.25) is 0 Å². The van der Waals surface area contributed by atoms with Gasteiger partial charge in [0.2, 0.25) is 0 Å². The maximum absolute atomic E-state index is 14.2. The second kappa shape index (κ2) is 10.2. The summed E-state index contributed by atoms with van der Waals surface area (Å²) in [4.78, 5) is 0. The molecule has 0 heterocycles. The first-order chi connectivity index (χ1) is 14.8. The minimum atomic E-state index is -3.59. The number of ether oxygens (including phenoxy) is 1. The van der Waals surface area contributed by atoms with Gasteiger partial charge in [-0.2, -0.15) is 14.0 Å². The molecule has 0 aliphatic heterocycles. The summed E-state index contributed by atoms with van der Waals surface area (Å²) in [5.41, 5.74) is 1.18. The molecule has 2 nitrogen and oxygen atoms in total. The van der Waals surface area contributed by atoms with Crippen LogP contribution in [0.1, 0.15) is 74.5 Å². The summed E-state index contributed by atoms with van der Waals surface area (Å²) in [5, 5.41) is 8.65. The number of alkyl halides is 2. The third-order valence-corrected chi connectivity index (χ3v) is 6.09. The molecule has 0 bridgehead atoms. The Morgan fingerprint density at radius 1 is 1.03 bits per heavy atom. The molecular formula is C25H27F4NO. The largest absolute Gasteiger partial charge is 0.432 e. The number of hydrogen-bond donors (Lipinski definition) is 0. The molecule has 0 N–H and O–H groups in total. The van der Waals surface area contributed by atoms with E-state index >= 15 is 0 Å². The Labute approximate surface area is 180 Å². The van der Waals surface area contributed by atoms with Crippen LogP contribution in [0.25, 0.3) is 0 Å². The lowest BCUT2D eigenvalue weighted by molar-refractivity contribution is -0.180. The van der Waals surface area contributed by atoms with E-state index in [1.165, 1.54) is 50.2 Å². The minimum absolute atomic E-state index is 0.0672. The number of hydrogen-bond acceptors (Lipinski definition) is 2. The molecule has 0 spiro atoms. The van der Waals surface area contributed by atoms with Crippen LogP contribution in [0.3, 0.4) is 0 Å². The monoisotopic (exact) mass is 433 g/mol. The van der Waals surface area contributed by atoms with E-state index in [2.05, 4.69) is 11.7 Å². The summed E-state index contributed by atoms with van der Waals surface area (Å²) in [6, 6.07) is 10.3. The first-order valence-corrected chi connectivity index (χ1v) is 10.9. The Hall–Kier alpha value is -2.55. The average molecular weight is 433 g/mol. The maximum Gasteiger partial charge on any atom is 0.398 e. The summed E-state index contributed by atoms with van der Waals surface area (Å²) in [7, 11) is 0. The van der Waals surface area contributed by atoms with E-state index in [4.69, 9.17) is 5.26 Å². The lowest BCUT2D eigenvalue weighted by atomic mass is 9.77. The molecule has 31 heavy (non-hydrogen) atoms. The topological polar surface area (TPSA) is 33.0 Å². The van der Waals surface area contributed by atoms with Crippen molar-refractivity contribution in [3.8, 4) is 11.8 Å². The molecule has 0 atom stereocenters. The Bertz CT molecular complexity index is 889. The minimum Gasteiger partial charge on any atom is -0.432 e. The first kappa shape index (κ1) is 23.1. The fourth-order valence-electron chi connectivity index (χ4n) is 4.38. The summed E-state index contributed by atoms with van der Waals surface area (Å²) in [5.74, 6) is -1.73. The number of nitriles is 1. The van der Waals surface area contributed by atoms with Crippen LogP contribution in [0.5, 0.6) is 5.75 Å². The second-order valence-electron chi connectivity index (χ2n) is 8.36. The van der Waals surface area contributed by atoms with Gasteiger partial charge in [-0.15, -0.1) is 0 Å². The van der Waals surface area contributed by atoms with E-state index in [9.17, 15) is 17.6 Å². The van der Waals surface area contributed by atoms with Crippen molar-refractivity contribution in [1.29, 1.82) is 5.26 Å². The number of benzene rings is 2. The first-order valence-electron chi connectivity index (χ1n) is 10.9. The lowest BCUT2D eigenvalue weighted by Crippen LogP contribution is -2.25. The smallest absolute Gasteiger partial charge is 0.398 e. The van der Waals surface area contributed by atoms with Gasteiger partial charge in [0.05, 0.1) is 6.42 Å². The molecule has 166 valence electrons. The molecule has 0 amide bonds. The van der Waals surface area contributed by atoms with Crippen LogP contribution < -0.4 is 4.74 Å². The third kappa shape index (κ3) is 6.22. The molecule has 3 rings (SSSR count). The molecule has 0 saturated heterocycles. The van der Waals surface area contributed by atoms with Crippen molar-refractivity contribution in [3.05, 3.63) is 64.7 Å². The van der Waals surface area contributed by atoms with Gasteiger partial charge < -0.3 is 4.74 Å². The fraction of sp³-hybridized carbons (Fsp3) is 0.480. The molecule has 1 aliphatic carbocycles. The van der Waals surface area contributed by atoms with Crippen molar-refractivity contribution in [1.82, 2.24) is 0 Å². The van der Waals surface area contributed by atoms with Crippen LogP contribution in [0.15, 0.2) is 36.4 Å². The Kier molecular flexibility index (Phi) is 7.59. The van der Waals surface area contributed by atoms with E-state index in [0.717, 1.165) is 11.5 Å². The van der Waals surface area contributed by atoms with Gasteiger partial charge in [0.15, 0.2) is 0 Å². The van der Waals surface area contributed by atoms with Crippen LogP contribution in [-0.2, 0) is 6.42 Å². The molecule has 1 saturated carbocycles. The van der Waals surface area contributed by atoms with Crippen molar-refractivity contribution in [2.75, 3.05) is 0 Å². The highest BCUT2D eigenvalue weighted by Crippen LogP contribution is 2.37. The van der Waals surface area contributed by atoms with E-state index < -0.39 is 35.5 Å². The average Bonchev–Trinajstić information content (AvgIpc) is 2.73. The molecule has 1 fully saturated rings. The van der Waals surface area contributed by atoms with Crippen LogP contribution in [0, 0.1) is 28.9 Å². The summed E-state index contributed by atoms with van der Waals surface area (Å²) >= 11 is 0. The van der Waals surface area contributed by atoms with E-state index in [1.54, 1.807) is 0 Å². The second-order valence-corrected chi connectivity index (χ2v) is 8.36. The molecule has 2 aromatic carbocycles. The lowest BCUT2D eigenvalue weighted by Gasteiger charge is -2.28. The maximum atomic E-state index is 14.2. The Balaban J connectivity index is 1.54. The van der Waals surface area contributed by atoms with Gasteiger partial charge in [-0.3, -0.25) is 0 Å². The number of nitrogens with zero attached hydrogens (tertiary/aromatic N) is 1. The van der Waals surface area contributed by atoms with Crippen LogP contribution in [-0.4, -0.2) is 6.11 Å². The van der Waals surface area contributed by atoms with Crippen molar-refractivity contribution in [2.45, 2.75) is 70.3 Å². The normalized spacial score (nSPS) is 19.1. The predicted octanol–water partition coefficient (Wildman–Crippen LogP) is 7.51. The summed E-state index contributed by atoms with van der Waals surface area (Å²) < 4.78 is 60.1. The highest BCUT2D eigenvalue weighted by Gasteiger charge is 2.32. The molecular weight excluding hydrogens is 406 g/mol.